The molecular weight excluding hydrogens is 222 g/mol. The number of nitrogens with one attached hydrogen (secondary N) is 1. The van der Waals surface area contributed by atoms with Gasteiger partial charge >= 0.3 is 0 Å². The van der Waals surface area contributed by atoms with Crippen LogP contribution in [0.25, 0.3) is 0 Å². The summed E-state index contributed by atoms with van der Waals surface area (Å²) in [7, 11) is 0. The molecule has 1 atom stereocenters. The van der Waals surface area contributed by atoms with Crippen LogP contribution in [0.4, 0.5) is 0 Å². The third kappa shape index (κ3) is 2.22. The minimum Gasteiger partial charge on any atom is -0.380 e. The summed E-state index contributed by atoms with van der Waals surface area (Å²) >= 11 is 0. The Morgan fingerprint density at radius 2 is 1.61 bits per heavy atom. The van der Waals surface area contributed by atoms with Crippen LogP contribution in [0.1, 0.15) is 52.4 Å². The average molecular weight is 251 g/mol. The first-order valence-corrected chi connectivity index (χ1v) is 8.07. The van der Waals surface area contributed by atoms with Crippen molar-refractivity contribution >= 4 is 0 Å². The SMILES string of the molecule is CCNC(COCC)C12CC3CC(CC(C3)C1)C2. The monoisotopic (exact) mass is 251 g/mol. The van der Waals surface area contributed by atoms with E-state index in [1.54, 1.807) is 0 Å². The molecule has 0 radical (unpaired) electrons. The molecule has 0 aromatic carbocycles. The van der Waals surface area contributed by atoms with Crippen molar-refractivity contribution in [1.82, 2.24) is 5.32 Å². The maximum absolute atomic E-state index is 5.78. The molecule has 4 fully saturated rings. The molecule has 4 rings (SSSR count). The van der Waals surface area contributed by atoms with Crippen LogP contribution in [0.3, 0.4) is 0 Å². The molecule has 104 valence electrons. The van der Waals surface area contributed by atoms with Gasteiger partial charge in [0.25, 0.3) is 0 Å². The van der Waals surface area contributed by atoms with Crippen molar-refractivity contribution in [3.63, 3.8) is 0 Å². The highest BCUT2D eigenvalue weighted by molar-refractivity contribution is 5.06. The molecule has 18 heavy (non-hydrogen) atoms. The van der Waals surface area contributed by atoms with Crippen LogP contribution >= 0.6 is 0 Å². The van der Waals surface area contributed by atoms with Crippen LogP contribution in [0.15, 0.2) is 0 Å². The van der Waals surface area contributed by atoms with E-state index in [1.807, 2.05) is 0 Å². The zero-order valence-electron chi connectivity index (χ0n) is 12.1. The summed E-state index contributed by atoms with van der Waals surface area (Å²) in [5.41, 5.74) is 0.583. The van der Waals surface area contributed by atoms with Gasteiger partial charge in [0.15, 0.2) is 0 Å². The van der Waals surface area contributed by atoms with Gasteiger partial charge in [0.2, 0.25) is 0 Å². The molecule has 4 bridgehead atoms. The fourth-order valence-electron chi connectivity index (χ4n) is 5.54. The van der Waals surface area contributed by atoms with Crippen LogP contribution in [-0.4, -0.2) is 25.8 Å². The highest BCUT2D eigenvalue weighted by atomic mass is 16.5. The zero-order valence-corrected chi connectivity index (χ0v) is 12.1. The second-order valence-electron chi connectivity index (χ2n) is 7.05. The smallest absolute Gasteiger partial charge is 0.0624 e. The summed E-state index contributed by atoms with van der Waals surface area (Å²) in [5, 5.41) is 3.75. The van der Waals surface area contributed by atoms with Crippen molar-refractivity contribution in [2.75, 3.05) is 19.8 Å². The lowest BCUT2D eigenvalue weighted by molar-refractivity contribution is -0.0877. The Morgan fingerprint density at radius 3 is 2.06 bits per heavy atom. The molecule has 0 aromatic rings. The molecule has 0 amide bonds. The van der Waals surface area contributed by atoms with Gasteiger partial charge in [-0.05, 0) is 75.2 Å². The zero-order chi connectivity index (χ0) is 12.6. The standard InChI is InChI=1S/C16H29NO/c1-3-17-15(11-18-4-2)16-8-12-5-13(9-16)7-14(6-12)10-16/h12-15,17H,3-11H2,1-2H3. The van der Waals surface area contributed by atoms with Gasteiger partial charge < -0.3 is 10.1 Å². The Balaban J connectivity index is 1.75. The lowest BCUT2D eigenvalue weighted by Crippen LogP contribution is -2.57. The van der Waals surface area contributed by atoms with Crippen LogP contribution in [-0.2, 0) is 4.74 Å². The van der Waals surface area contributed by atoms with E-state index in [4.69, 9.17) is 4.74 Å². The topological polar surface area (TPSA) is 21.3 Å². The fourth-order valence-corrected chi connectivity index (χ4v) is 5.54. The molecule has 0 saturated heterocycles. The van der Waals surface area contributed by atoms with E-state index in [-0.39, 0.29) is 0 Å². The van der Waals surface area contributed by atoms with Crippen molar-refractivity contribution < 1.29 is 4.74 Å². The Labute approximate surface area is 112 Å². The quantitative estimate of drug-likeness (QED) is 0.782. The molecule has 4 saturated carbocycles. The number of rotatable bonds is 6. The molecule has 1 unspecified atom stereocenters. The molecule has 0 aliphatic heterocycles. The van der Waals surface area contributed by atoms with Gasteiger partial charge in [-0.25, -0.2) is 0 Å². The van der Waals surface area contributed by atoms with E-state index >= 15 is 0 Å². The number of likely N-dealkylation sites (N-methyl/N-ethyl adjacent to an activating group) is 1. The van der Waals surface area contributed by atoms with Gasteiger partial charge in [-0.15, -0.1) is 0 Å². The van der Waals surface area contributed by atoms with E-state index in [2.05, 4.69) is 19.2 Å². The summed E-state index contributed by atoms with van der Waals surface area (Å²) in [6.07, 6.45) is 9.03. The highest BCUT2D eigenvalue weighted by Crippen LogP contribution is 2.61. The highest BCUT2D eigenvalue weighted by Gasteiger charge is 2.53. The predicted molar refractivity (Wildman–Crippen MR) is 74.6 cm³/mol. The van der Waals surface area contributed by atoms with Gasteiger partial charge in [0.05, 0.1) is 6.61 Å². The van der Waals surface area contributed by atoms with E-state index < -0.39 is 0 Å². The first-order valence-electron chi connectivity index (χ1n) is 8.07. The molecule has 4 aliphatic carbocycles. The molecular formula is C16H29NO. The second-order valence-corrected chi connectivity index (χ2v) is 7.05. The van der Waals surface area contributed by atoms with E-state index in [0.29, 0.717) is 11.5 Å². The Bertz CT molecular complexity index is 254. The van der Waals surface area contributed by atoms with E-state index in [9.17, 15) is 0 Å². The van der Waals surface area contributed by atoms with Gasteiger partial charge in [-0.1, -0.05) is 6.92 Å². The van der Waals surface area contributed by atoms with Gasteiger partial charge in [-0.2, -0.15) is 0 Å². The molecule has 1 N–H and O–H groups in total. The van der Waals surface area contributed by atoms with Crippen LogP contribution < -0.4 is 5.32 Å². The summed E-state index contributed by atoms with van der Waals surface area (Å²) in [5.74, 6) is 3.12. The minimum atomic E-state index is 0.583. The van der Waals surface area contributed by atoms with Crippen molar-refractivity contribution in [1.29, 1.82) is 0 Å². The summed E-state index contributed by atoms with van der Waals surface area (Å²) in [4.78, 5) is 0. The van der Waals surface area contributed by atoms with E-state index in [0.717, 1.165) is 37.5 Å². The first-order chi connectivity index (χ1) is 8.75. The van der Waals surface area contributed by atoms with Gasteiger partial charge in [0.1, 0.15) is 0 Å². The van der Waals surface area contributed by atoms with E-state index in [1.165, 1.54) is 38.5 Å². The molecule has 0 heterocycles. The number of hydrogen-bond donors (Lipinski definition) is 1. The van der Waals surface area contributed by atoms with Crippen molar-refractivity contribution in [3.8, 4) is 0 Å². The maximum atomic E-state index is 5.78. The number of ether oxygens (including phenoxy) is 1. The van der Waals surface area contributed by atoms with Crippen LogP contribution in [0.2, 0.25) is 0 Å². The summed E-state index contributed by atoms with van der Waals surface area (Å²) < 4.78 is 5.78. The van der Waals surface area contributed by atoms with Crippen LogP contribution in [0, 0.1) is 23.2 Å². The van der Waals surface area contributed by atoms with Crippen molar-refractivity contribution in [2.24, 2.45) is 23.2 Å². The summed E-state index contributed by atoms with van der Waals surface area (Å²) in [6.45, 7) is 7.21. The van der Waals surface area contributed by atoms with Crippen molar-refractivity contribution in [3.05, 3.63) is 0 Å². The maximum Gasteiger partial charge on any atom is 0.0624 e. The fraction of sp³-hybridized carbons (Fsp3) is 1.00. The van der Waals surface area contributed by atoms with Crippen molar-refractivity contribution in [2.45, 2.75) is 58.4 Å². The molecule has 2 heteroatoms. The molecule has 4 aliphatic rings. The Morgan fingerprint density at radius 1 is 1.06 bits per heavy atom. The molecule has 0 aromatic heterocycles. The number of hydrogen-bond acceptors (Lipinski definition) is 2. The third-order valence-corrected chi connectivity index (χ3v) is 5.76. The molecule has 0 spiro atoms. The first kappa shape index (κ1) is 12.9. The molecule has 2 nitrogen and oxygen atoms in total. The second kappa shape index (κ2) is 5.13. The Kier molecular flexibility index (Phi) is 3.68. The lowest BCUT2D eigenvalue weighted by Gasteiger charge is -2.59. The largest absolute Gasteiger partial charge is 0.380 e. The predicted octanol–water partition coefficient (Wildman–Crippen LogP) is 3.22. The van der Waals surface area contributed by atoms with Crippen LogP contribution in [0.5, 0.6) is 0 Å². The minimum absolute atomic E-state index is 0.583. The van der Waals surface area contributed by atoms with Gasteiger partial charge in [0, 0.05) is 12.6 Å². The summed E-state index contributed by atoms with van der Waals surface area (Å²) in [6, 6.07) is 0.607. The average Bonchev–Trinajstić information content (AvgIpc) is 2.32. The Hall–Kier alpha value is -0.0800. The van der Waals surface area contributed by atoms with Gasteiger partial charge in [-0.3, -0.25) is 0 Å². The third-order valence-electron chi connectivity index (χ3n) is 5.76. The lowest BCUT2D eigenvalue weighted by atomic mass is 9.47. The normalized spacial score (nSPS) is 43.3.